The first-order valence-corrected chi connectivity index (χ1v) is 8.88. The molecule has 0 saturated heterocycles. The van der Waals surface area contributed by atoms with Gasteiger partial charge in [-0.25, -0.2) is 4.98 Å². The van der Waals surface area contributed by atoms with Crippen LogP contribution < -0.4 is 11.1 Å². The Kier molecular flexibility index (Phi) is 6.26. The van der Waals surface area contributed by atoms with Crippen molar-refractivity contribution in [1.82, 2.24) is 15.0 Å². The predicted octanol–water partition coefficient (Wildman–Crippen LogP) is 4.95. The minimum absolute atomic E-state index is 0.0443. The van der Waals surface area contributed by atoms with Crippen molar-refractivity contribution < 1.29 is 13.2 Å². The zero-order chi connectivity index (χ0) is 19.4. The number of nitrogens with one attached hydrogen (secondary N) is 1. The third-order valence-electron chi connectivity index (χ3n) is 4.66. The van der Waals surface area contributed by atoms with Gasteiger partial charge in [0.1, 0.15) is 5.52 Å². The van der Waals surface area contributed by atoms with E-state index in [1.807, 2.05) is 6.92 Å². The largest absolute Gasteiger partial charge is 0.391 e. The van der Waals surface area contributed by atoms with Crippen LogP contribution in [0.15, 0.2) is 18.3 Å². The smallest absolute Gasteiger partial charge is 0.368 e. The number of nitrogens with two attached hydrogens (primary N) is 1. The molecule has 0 saturated carbocycles. The Labute approximate surface area is 151 Å². The Hall–Kier alpha value is -2.12. The zero-order valence-electron chi connectivity index (χ0n) is 15.4. The molecule has 8 heteroatoms. The first kappa shape index (κ1) is 20.2. The third-order valence-corrected chi connectivity index (χ3v) is 4.66. The molecule has 0 bridgehead atoms. The van der Waals surface area contributed by atoms with Gasteiger partial charge in [0.25, 0.3) is 0 Å². The summed E-state index contributed by atoms with van der Waals surface area (Å²) in [5, 5.41) is 3.32. The van der Waals surface area contributed by atoms with Gasteiger partial charge in [-0.15, -0.1) is 0 Å². The number of alkyl halides is 3. The molecule has 0 fully saturated rings. The lowest BCUT2D eigenvalue weighted by atomic mass is 9.86. The summed E-state index contributed by atoms with van der Waals surface area (Å²) in [6.07, 6.45) is 0.440. The molecular weight excluding hydrogens is 343 g/mol. The highest BCUT2D eigenvalue weighted by Crippen LogP contribution is 2.34. The first-order valence-electron chi connectivity index (χ1n) is 8.88. The average Bonchev–Trinajstić information content (AvgIpc) is 2.57. The fourth-order valence-corrected chi connectivity index (χ4v) is 2.87. The van der Waals surface area contributed by atoms with E-state index in [1.54, 1.807) is 18.3 Å². The number of halogens is 3. The average molecular weight is 369 g/mol. The SMILES string of the molecule is CCCC[C@](C)(CC[C@@H](C)C(F)(F)F)Nc1nc(N)nc2cccnc12. The second kappa shape index (κ2) is 8.05. The van der Waals surface area contributed by atoms with E-state index in [4.69, 9.17) is 5.73 Å². The molecule has 3 N–H and O–H groups in total. The maximum Gasteiger partial charge on any atom is 0.391 e. The van der Waals surface area contributed by atoms with Crippen LogP contribution in [0.5, 0.6) is 0 Å². The van der Waals surface area contributed by atoms with Crippen molar-refractivity contribution >= 4 is 22.8 Å². The predicted molar refractivity (Wildman–Crippen MR) is 97.8 cm³/mol. The number of hydrogen-bond acceptors (Lipinski definition) is 5. The normalized spacial score (nSPS) is 15.6. The van der Waals surface area contributed by atoms with Gasteiger partial charge in [-0.3, -0.25) is 4.98 Å². The number of fused-ring (bicyclic) bond motifs is 1. The molecule has 144 valence electrons. The van der Waals surface area contributed by atoms with Crippen LogP contribution in [0.2, 0.25) is 0 Å². The molecule has 2 aromatic heterocycles. The third kappa shape index (κ3) is 5.19. The molecule has 2 aromatic rings. The summed E-state index contributed by atoms with van der Waals surface area (Å²) in [6.45, 7) is 5.21. The van der Waals surface area contributed by atoms with E-state index in [9.17, 15) is 13.2 Å². The van der Waals surface area contributed by atoms with Crippen molar-refractivity contribution in [3.05, 3.63) is 18.3 Å². The summed E-state index contributed by atoms with van der Waals surface area (Å²) >= 11 is 0. The first-order chi connectivity index (χ1) is 12.1. The molecule has 0 unspecified atom stereocenters. The van der Waals surface area contributed by atoms with Crippen LogP contribution >= 0.6 is 0 Å². The van der Waals surface area contributed by atoms with Gasteiger partial charge in [-0.2, -0.15) is 18.2 Å². The Bertz CT molecular complexity index is 734. The van der Waals surface area contributed by atoms with Crippen molar-refractivity contribution in [2.75, 3.05) is 11.1 Å². The van der Waals surface area contributed by atoms with Gasteiger partial charge in [0, 0.05) is 11.7 Å². The summed E-state index contributed by atoms with van der Waals surface area (Å²) in [4.78, 5) is 12.7. The van der Waals surface area contributed by atoms with Gasteiger partial charge in [-0.1, -0.05) is 26.7 Å². The van der Waals surface area contributed by atoms with Crippen molar-refractivity contribution in [3.8, 4) is 0 Å². The van der Waals surface area contributed by atoms with Crippen molar-refractivity contribution in [3.63, 3.8) is 0 Å². The van der Waals surface area contributed by atoms with E-state index in [1.165, 1.54) is 6.92 Å². The van der Waals surface area contributed by atoms with Gasteiger partial charge in [0.05, 0.1) is 11.4 Å². The van der Waals surface area contributed by atoms with Crippen LogP contribution in [-0.4, -0.2) is 26.7 Å². The number of nitrogens with zero attached hydrogens (tertiary/aromatic N) is 3. The van der Waals surface area contributed by atoms with Crippen molar-refractivity contribution in [2.45, 2.75) is 64.6 Å². The van der Waals surface area contributed by atoms with Crippen LogP contribution in [0.4, 0.5) is 24.9 Å². The fraction of sp³-hybridized carbons (Fsp3) is 0.611. The molecule has 2 heterocycles. The maximum atomic E-state index is 12.9. The number of rotatable bonds is 8. The van der Waals surface area contributed by atoms with Crippen LogP contribution in [0.25, 0.3) is 11.0 Å². The van der Waals surface area contributed by atoms with Gasteiger partial charge in [0.2, 0.25) is 5.95 Å². The Morgan fingerprint density at radius 1 is 1.23 bits per heavy atom. The Morgan fingerprint density at radius 2 is 1.96 bits per heavy atom. The molecule has 0 aliphatic heterocycles. The molecule has 0 spiro atoms. The summed E-state index contributed by atoms with van der Waals surface area (Å²) in [6, 6.07) is 3.53. The van der Waals surface area contributed by atoms with E-state index >= 15 is 0 Å². The molecular formula is C18H26F3N5. The van der Waals surface area contributed by atoms with Crippen molar-refractivity contribution in [1.29, 1.82) is 0 Å². The Morgan fingerprint density at radius 3 is 2.62 bits per heavy atom. The van der Waals surface area contributed by atoms with Crippen LogP contribution in [-0.2, 0) is 0 Å². The molecule has 5 nitrogen and oxygen atoms in total. The summed E-state index contributed by atoms with van der Waals surface area (Å²) in [5.41, 5.74) is 6.41. The topological polar surface area (TPSA) is 76.7 Å². The molecule has 26 heavy (non-hydrogen) atoms. The second-order valence-corrected chi connectivity index (χ2v) is 7.07. The second-order valence-electron chi connectivity index (χ2n) is 7.07. The minimum Gasteiger partial charge on any atom is -0.368 e. The number of anilines is 2. The Balaban J connectivity index is 2.27. The van der Waals surface area contributed by atoms with E-state index in [0.29, 0.717) is 23.3 Å². The van der Waals surface area contributed by atoms with Gasteiger partial charge < -0.3 is 11.1 Å². The van der Waals surface area contributed by atoms with Gasteiger partial charge >= 0.3 is 6.18 Å². The number of aromatic nitrogens is 3. The van der Waals surface area contributed by atoms with Crippen LogP contribution in [0.3, 0.4) is 0 Å². The van der Waals surface area contributed by atoms with E-state index in [-0.39, 0.29) is 12.4 Å². The standard InChI is InChI=1S/C18H26F3N5/c1-4-5-9-17(3,10-8-12(2)18(19,20)21)26-15-14-13(7-6-11-23-14)24-16(22)25-15/h6-7,11-12H,4-5,8-10H2,1-3H3,(H3,22,24,25,26)/t12-,17-/m1/s1. The monoisotopic (exact) mass is 369 g/mol. The van der Waals surface area contributed by atoms with Crippen molar-refractivity contribution in [2.24, 2.45) is 5.92 Å². The lowest BCUT2D eigenvalue weighted by molar-refractivity contribution is -0.171. The molecule has 0 amide bonds. The summed E-state index contributed by atoms with van der Waals surface area (Å²) in [5.74, 6) is -0.781. The fourth-order valence-electron chi connectivity index (χ4n) is 2.87. The molecule has 0 aromatic carbocycles. The quantitative estimate of drug-likeness (QED) is 0.689. The molecule has 0 radical (unpaired) electrons. The molecule has 0 aliphatic carbocycles. The van der Waals surface area contributed by atoms with E-state index < -0.39 is 17.6 Å². The lowest BCUT2D eigenvalue weighted by Crippen LogP contribution is -2.37. The summed E-state index contributed by atoms with van der Waals surface area (Å²) < 4.78 is 38.7. The van der Waals surface area contributed by atoms with Crippen LogP contribution in [0.1, 0.15) is 52.9 Å². The minimum atomic E-state index is -4.18. The molecule has 2 atom stereocenters. The highest BCUT2D eigenvalue weighted by Gasteiger charge is 2.37. The van der Waals surface area contributed by atoms with Gasteiger partial charge in [0.15, 0.2) is 5.82 Å². The number of unbranched alkanes of at least 4 members (excludes halogenated alkanes) is 1. The number of hydrogen-bond donors (Lipinski definition) is 2. The van der Waals surface area contributed by atoms with Crippen LogP contribution in [0, 0.1) is 5.92 Å². The number of pyridine rings is 1. The van der Waals surface area contributed by atoms with E-state index in [2.05, 4.69) is 27.2 Å². The van der Waals surface area contributed by atoms with Gasteiger partial charge in [-0.05, 0) is 38.3 Å². The highest BCUT2D eigenvalue weighted by molar-refractivity contribution is 5.86. The maximum absolute atomic E-state index is 12.9. The number of nitrogen functional groups attached to an aromatic ring is 1. The lowest BCUT2D eigenvalue weighted by Gasteiger charge is -2.33. The highest BCUT2D eigenvalue weighted by atomic mass is 19.4. The van der Waals surface area contributed by atoms with E-state index in [0.717, 1.165) is 19.3 Å². The zero-order valence-corrected chi connectivity index (χ0v) is 15.4. The molecule has 0 aliphatic rings. The summed E-state index contributed by atoms with van der Waals surface area (Å²) in [7, 11) is 0. The molecule has 2 rings (SSSR count).